The average Bonchev–Trinajstić information content (AvgIpc) is 1.69. The fourth-order valence-electron chi connectivity index (χ4n) is 0.453. The Balaban J connectivity index is -0.000000163. The number of rotatable bonds is 0. The van der Waals surface area contributed by atoms with E-state index in [2.05, 4.69) is 9.24 Å². The Labute approximate surface area is 86.9 Å². The summed E-state index contributed by atoms with van der Waals surface area (Å²) in [6.07, 6.45) is 0. The summed E-state index contributed by atoms with van der Waals surface area (Å²) in [6.45, 7) is 0. The van der Waals surface area contributed by atoms with Crippen molar-refractivity contribution in [1.82, 2.24) is 0 Å². The van der Waals surface area contributed by atoms with E-state index in [0.29, 0.717) is 0 Å². The average molecular weight is 210 g/mol. The van der Waals surface area contributed by atoms with Crippen molar-refractivity contribution in [1.29, 1.82) is 0 Å². The van der Waals surface area contributed by atoms with Crippen LogP contribution in [0.2, 0.25) is 0 Å². The van der Waals surface area contributed by atoms with Crippen molar-refractivity contribution >= 4 is 56.7 Å². The number of benzene rings is 1. The molecule has 0 aliphatic rings. The van der Waals surface area contributed by atoms with Gasteiger partial charge in [-0.25, -0.2) is 0 Å². The molecule has 3 radical (unpaired) electrons. The van der Waals surface area contributed by atoms with Gasteiger partial charge in [-0.15, -0.1) is 34.1 Å². The van der Waals surface area contributed by atoms with Crippen LogP contribution in [0.25, 0.3) is 0 Å². The summed E-state index contributed by atoms with van der Waals surface area (Å²) in [6, 6.07) is 10.1. The Morgan fingerprint density at radius 2 is 1.30 bits per heavy atom. The first-order valence-electron chi connectivity index (χ1n) is 2.20. The van der Waals surface area contributed by atoms with Crippen LogP contribution in [0.5, 0.6) is 0 Å². The van der Waals surface area contributed by atoms with Gasteiger partial charge in [0.25, 0.3) is 0 Å². The van der Waals surface area contributed by atoms with Gasteiger partial charge in [-0.3, -0.25) is 0 Å². The van der Waals surface area contributed by atoms with E-state index in [0.717, 1.165) is 0 Å². The summed E-state index contributed by atoms with van der Waals surface area (Å²) in [5.41, 5.74) is 0. The Morgan fingerprint density at radius 3 is 1.50 bits per heavy atom. The molecule has 0 nitrogen and oxygen atoms in total. The lowest BCUT2D eigenvalue weighted by molar-refractivity contribution is 1.78. The van der Waals surface area contributed by atoms with E-state index in [4.69, 9.17) is 0 Å². The van der Waals surface area contributed by atoms with E-state index in [1.54, 1.807) is 0 Å². The summed E-state index contributed by atoms with van der Waals surface area (Å²) in [7, 11) is 2.63. The van der Waals surface area contributed by atoms with Gasteiger partial charge in [0.1, 0.15) is 0 Å². The van der Waals surface area contributed by atoms with E-state index < -0.39 is 0 Å². The molecule has 0 saturated heterocycles. The lowest BCUT2D eigenvalue weighted by atomic mass is 10.4. The molecule has 0 aliphatic carbocycles. The standard InChI is InChI=1S/C6H7P.Al.2ClH/c7-6-4-2-1-3-5-6;;;/h1-5H,7H2;;2*1H. The molecule has 0 saturated carbocycles. The zero-order valence-electron chi connectivity index (χ0n) is 5.36. The van der Waals surface area contributed by atoms with Crippen LogP contribution in [0.3, 0.4) is 0 Å². The van der Waals surface area contributed by atoms with Gasteiger partial charge in [-0.1, -0.05) is 30.3 Å². The first-order chi connectivity index (χ1) is 3.39. The minimum atomic E-state index is 0. The SMILES string of the molecule is Cl.Cl.Pc1ccccc1.[Al]. The molecule has 4 heteroatoms. The molecule has 1 aromatic carbocycles. The van der Waals surface area contributed by atoms with E-state index in [-0.39, 0.29) is 42.2 Å². The number of halogens is 2. The molecule has 0 amide bonds. The van der Waals surface area contributed by atoms with Crippen molar-refractivity contribution < 1.29 is 0 Å². The van der Waals surface area contributed by atoms with Crippen molar-refractivity contribution in [3.63, 3.8) is 0 Å². The Kier molecular flexibility index (Phi) is 16.6. The second kappa shape index (κ2) is 9.76. The monoisotopic (exact) mass is 209 g/mol. The molecule has 0 bridgehead atoms. The molecule has 55 valence electrons. The van der Waals surface area contributed by atoms with E-state index in [1.807, 2.05) is 30.3 Å². The summed E-state index contributed by atoms with van der Waals surface area (Å²) in [4.78, 5) is 0. The van der Waals surface area contributed by atoms with Crippen LogP contribution in [-0.2, 0) is 0 Å². The van der Waals surface area contributed by atoms with Crippen LogP contribution in [-0.4, -0.2) is 17.4 Å². The maximum Gasteiger partial charge on any atom is 0 e. The maximum atomic E-state index is 2.63. The highest BCUT2D eigenvalue weighted by Gasteiger charge is 1.72. The van der Waals surface area contributed by atoms with E-state index >= 15 is 0 Å². The Morgan fingerprint density at radius 1 is 0.900 bits per heavy atom. The van der Waals surface area contributed by atoms with Gasteiger partial charge in [0.2, 0.25) is 0 Å². The van der Waals surface area contributed by atoms with Gasteiger partial charge in [0.15, 0.2) is 0 Å². The first-order valence-corrected chi connectivity index (χ1v) is 2.78. The molecule has 0 heterocycles. The summed E-state index contributed by atoms with van der Waals surface area (Å²) >= 11 is 0. The molecule has 1 unspecified atom stereocenters. The molecular formula is C6H9AlCl2P. The molecule has 0 N–H and O–H groups in total. The molecule has 1 aromatic rings. The first kappa shape index (κ1) is 17.0. The van der Waals surface area contributed by atoms with Crippen LogP contribution < -0.4 is 5.30 Å². The van der Waals surface area contributed by atoms with Crippen molar-refractivity contribution in [2.24, 2.45) is 0 Å². The predicted molar refractivity (Wildman–Crippen MR) is 56.0 cm³/mol. The maximum absolute atomic E-state index is 2.63. The topological polar surface area (TPSA) is 0 Å². The normalized spacial score (nSPS) is 6.10. The zero-order chi connectivity index (χ0) is 5.11. The highest BCUT2D eigenvalue weighted by Crippen LogP contribution is 1.86. The number of hydrogen-bond donors (Lipinski definition) is 0. The predicted octanol–water partition coefficient (Wildman–Crippen LogP) is 1.65. The minimum Gasteiger partial charge on any atom is -0.147 e. The molecule has 0 spiro atoms. The van der Waals surface area contributed by atoms with Gasteiger partial charge in [0.05, 0.1) is 0 Å². The van der Waals surface area contributed by atoms with Crippen LogP contribution in [0.1, 0.15) is 0 Å². The lowest BCUT2D eigenvalue weighted by Gasteiger charge is -1.82. The van der Waals surface area contributed by atoms with Crippen molar-refractivity contribution in [2.45, 2.75) is 0 Å². The highest BCUT2D eigenvalue weighted by atomic mass is 35.5. The van der Waals surface area contributed by atoms with Gasteiger partial charge >= 0.3 is 0 Å². The summed E-state index contributed by atoms with van der Waals surface area (Å²) in [5, 5.41) is 1.24. The van der Waals surface area contributed by atoms with Crippen molar-refractivity contribution in [3.05, 3.63) is 30.3 Å². The molecule has 1 atom stereocenters. The third-order valence-electron chi connectivity index (χ3n) is 0.800. The van der Waals surface area contributed by atoms with Crippen LogP contribution in [0.15, 0.2) is 30.3 Å². The number of hydrogen-bond acceptors (Lipinski definition) is 0. The van der Waals surface area contributed by atoms with E-state index in [1.165, 1.54) is 5.30 Å². The minimum absolute atomic E-state index is 0. The largest absolute Gasteiger partial charge is 0.147 e. The summed E-state index contributed by atoms with van der Waals surface area (Å²) < 4.78 is 0. The van der Waals surface area contributed by atoms with Crippen molar-refractivity contribution in [2.75, 3.05) is 0 Å². The molecular weight excluding hydrogens is 201 g/mol. The van der Waals surface area contributed by atoms with Crippen LogP contribution >= 0.6 is 34.1 Å². The third kappa shape index (κ3) is 6.88. The van der Waals surface area contributed by atoms with Crippen LogP contribution in [0, 0.1) is 0 Å². The smallest absolute Gasteiger partial charge is 0 e. The molecule has 0 aliphatic heterocycles. The molecule has 10 heavy (non-hydrogen) atoms. The second-order valence-electron chi connectivity index (χ2n) is 1.41. The highest BCUT2D eigenvalue weighted by molar-refractivity contribution is 7.27. The van der Waals surface area contributed by atoms with Crippen LogP contribution in [0.4, 0.5) is 0 Å². The van der Waals surface area contributed by atoms with Gasteiger partial charge in [-0.2, -0.15) is 0 Å². The fourth-order valence-corrected chi connectivity index (χ4v) is 0.675. The van der Waals surface area contributed by atoms with Crippen molar-refractivity contribution in [3.8, 4) is 0 Å². The Bertz CT molecular complexity index is 146. The lowest BCUT2D eigenvalue weighted by Crippen LogP contribution is -1.82. The molecule has 1 rings (SSSR count). The van der Waals surface area contributed by atoms with Gasteiger partial charge in [-0.05, 0) is 5.30 Å². The molecule has 0 fully saturated rings. The zero-order valence-corrected chi connectivity index (χ0v) is 9.30. The quantitative estimate of drug-likeness (QED) is 0.451. The Hall–Kier alpha value is 0.762. The third-order valence-corrected chi connectivity index (χ3v) is 1.18. The van der Waals surface area contributed by atoms with E-state index in [9.17, 15) is 0 Å². The summed E-state index contributed by atoms with van der Waals surface area (Å²) in [5.74, 6) is 0. The second-order valence-corrected chi connectivity index (χ2v) is 2.08. The van der Waals surface area contributed by atoms with Gasteiger partial charge in [0, 0.05) is 17.4 Å². The molecule has 0 aromatic heterocycles. The van der Waals surface area contributed by atoms with Gasteiger partial charge < -0.3 is 0 Å². The fraction of sp³-hybridized carbons (Fsp3) is 0.